The van der Waals surface area contributed by atoms with Gasteiger partial charge in [0.1, 0.15) is 24.4 Å². The number of benzene rings is 2. The van der Waals surface area contributed by atoms with Gasteiger partial charge in [-0.2, -0.15) is 4.31 Å². The summed E-state index contributed by atoms with van der Waals surface area (Å²) in [6, 6.07) is 6.59. The van der Waals surface area contributed by atoms with E-state index in [1.165, 1.54) is 11.4 Å². The number of aliphatic hydroxyl groups excluding tert-OH is 3. The van der Waals surface area contributed by atoms with Crippen molar-refractivity contribution < 1.29 is 53.0 Å². The number of rotatable bonds is 6. The number of phenols is 2. The highest BCUT2D eigenvalue weighted by Crippen LogP contribution is 2.52. The van der Waals surface area contributed by atoms with Crippen LogP contribution >= 0.6 is 0 Å². The second kappa shape index (κ2) is 10.8. The Morgan fingerprint density at radius 2 is 1.68 bits per heavy atom. The van der Waals surface area contributed by atoms with Crippen molar-refractivity contribution >= 4 is 16.0 Å². The summed E-state index contributed by atoms with van der Waals surface area (Å²) >= 11 is 0. The summed E-state index contributed by atoms with van der Waals surface area (Å²) in [5, 5.41) is 52.5. The van der Waals surface area contributed by atoms with Gasteiger partial charge in [-0.15, -0.1) is 0 Å². The van der Waals surface area contributed by atoms with E-state index < -0.39 is 64.6 Å². The number of aromatic hydroxyl groups is 2. The molecule has 2 aromatic rings. The Morgan fingerprint density at radius 3 is 2.27 bits per heavy atom. The van der Waals surface area contributed by atoms with Gasteiger partial charge in [-0.1, -0.05) is 17.7 Å². The van der Waals surface area contributed by atoms with Gasteiger partial charge in [0.25, 0.3) is 0 Å². The van der Waals surface area contributed by atoms with Gasteiger partial charge in [0.2, 0.25) is 15.8 Å². The first-order valence-corrected chi connectivity index (χ1v) is 14.2. The minimum absolute atomic E-state index is 0.0235. The molecule has 0 amide bonds. The van der Waals surface area contributed by atoms with E-state index in [1.54, 1.807) is 24.3 Å². The Bertz CT molecular complexity index is 1390. The highest BCUT2D eigenvalue weighted by atomic mass is 32.2. The van der Waals surface area contributed by atoms with E-state index in [4.69, 9.17) is 14.2 Å². The zero-order chi connectivity index (χ0) is 28.9. The van der Waals surface area contributed by atoms with Crippen LogP contribution in [-0.4, -0.2) is 113 Å². The van der Waals surface area contributed by atoms with Gasteiger partial charge in [-0.05, 0) is 19.1 Å². The number of esters is 1. The maximum atomic E-state index is 13.2. The van der Waals surface area contributed by atoms with E-state index >= 15 is 0 Å². The lowest BCUT2D eigenvalue weighted by Crippen LogP contribution is -2.58. The summed E-state index contributed by atoms with van der Waals surface area (Å²) in [5.41, 5.74) is 0.716. The average Bonchev–Trinajstić information content (AvgIpc) is 2.93. The molecule has 2 saturated heterocycles. The molecule has 2 fully saturated rings. The molecule has 0 aliphatic carbocycles. The lowest BCUT2D eigenvalue weighted by molar-refractivity contribution is -0.235. The maximum absolute atomic E-state index is 13.2. The molecule has 3 aliphatic rings. The van der Waals surface area contributed by atoms with Crippen LogP contribution < -0.4 is 4.74 Å². The number of sulfonamides is 1. The Kier molecular flexibility index (Phi) is 7.69. The lowest BCUT2D eigenvalue weighted by Gasteiger charge is -2.45. The Balaban J connectivity index is 1.44. The van der Waals surface area contributed by atoms with Crippen molar-refractivity contribution in [3.05, 3.63) is 46.5 Å². The minimum Gasteiger partial charge on any atom is -0.504 e. The van der Waals surface area contributed by atoms with Gasteiger partial charge >= 0.3 is 5.97 Å². The lowest BCUT2D eigenvalue weighted by atomic mass is 9.84. The molecule has 3 aliphatic heterocycles. The second-order valence-corrected chi connectivity index (χ2v) is 12.1. The molecular formula is C26H32N2O11S. The summed E-state index contributed by atoms with van der Waals surface area (Å²) in [6.45, 7) is 2.07. The van der Waals surface area contributed by atoms with E-state index in [2.05, 4.69) is 0 Å². The highest BCUT2D eigenvalue weighted by Gasteiger charge is 2.53. The van der Waals surface area contributed by atoms with Gasteiger partial charge in [0.15, 0.2) is 17.6 Å². The Labute approximate surface area is 230 Å². The monoisotopic (exact) mass is 580 g/mol. The first kappa shape index (κ1) is 28.5. The van der Waals surface area contributed by atoms with Gasteiger partial charge < -0.3 is 39.7 Å². The van der Waals surface area contributed by atoms with Crippen LogP contribution in [0.2, 0.25) is 0 Å². The first-order chi connectivity index (χ1) is 19.0. The number of carbonyl (C=O) groups is 1. The number of fused-ring (bicyclic) bond motifs is 3. The summed E-state index contributed by atoms with van der Waals surface area (Å²) in [7, 11) is -2.49. The predicted molar refractivity (Wildman–Crippen MR) is 137 cm³/mol. The molecule has 3 heterocycles. The second-order valence-electron chi connectivity index (χ2n) is 10.1. The van der Waals surface area contributed by atoms with E-state index in [9.17, 15) is 38.7 Å². The van der Waals surface area contributed by atoms with Crippen molar-refractivity contribution in [3.8, 4) is 17.2 Å². The van der Waals surface area contributed by atoms with Gasteiger partial charge in [0.05, 0.1) is 24.2 Å². The third kappa shape index (κ3) is 4.68. The van der Waals surface area contributed by atoms with Crippen molar-refractivity contribution in [2.75, 3.05) is 39.9 Å². The number of ether oxygens (including phenoxy) is 3. The molecule has 0 saturated carbocycles. The zero-order valence-electron chi connectivity index (χ0n) is 21.9. The molecule has 14 heteroatoms. The van der Waals surface area contributed by atoms with E-state index in [0.717, 1.165) is 5.56 Å². The standard InChI is InChI=1S/C26H32N2O11S/c1-13-3-5-14(6-4-13)40(35,36)28-9-7-27(8-10-28)11-15-17-18(21(32)24(37-2)19(15)30)23-25(39-26(17)34)22(33)20(31)16(12-29)38-23/h3-6,16,20,22-23,25,29-33H,7-12H2,1-2H3/t16-,20-,22+,23+,25-/m1/s1. The van der Waals surface area contributed by atoms with Gasteiger partial charge in [0, 0.05) is 43.9 Å². The number of hydrogen-bond acceptors (Lipinski definition) is 12. The minimum atomic E-state index is -3.70. The van der Waals surface area contributed by atoms with Crippen LogP contribution in [0, 0.1) is 6.92 Å². The largest absolute Gasteiger partial charge is 0.504 e. The maximum Gasteiger partial charge on any atom is 0.339 e. The van der Waals surface area contributed by atoms with Crippen LogP contribution in [0.25, 0.3) is 0 Å². The van der Waals surface area contributed by atoms with Crippen LogP contribution in [0.15, 0.2) is 29.2 Å². The van der Waals surface area contributed by atoms with Crippen LogP contribution in [0.4, 0.5) is 0 Å². The summed E-state index contributed by atoms with van der Waals surface area (Å²) in [4.78, 5) is 15.2. The number of methoxy groups -OCH3 is 1. The topological polar surface area (TPSA) is 187 Å². The molecule has 0 unspecified atom stereocenters. The number of aliphatic hydroxyl groups is 3. The van der Waals surface area contributed by atoms with Crippen LogP contribution in [0.5, 0.6) is 17.2 Å². The Hall–Kier alpha value is -2.98. The molecule has 5 N–H and O–H groups in total. The number of carbonyl (C=O) groups excluding carboxylic acids is 1. The smallest absolute Gasteiger partial charge is 0.339 e. The van der Waals surface area contributed by atoms with Crippen molar-refractivity contribution in [3.63, 3.8) is 0 Å². The van der Waals surface area contributed by atoms with Crippen molar-refractivity contribution in [1.82, 2.24) is 9.21 Å². The number of piperazine rings is 1. The molecule has 5 rings (SSSR count). The van der Waals surface area contributed by atoms with Crippen molar-refractivity contribution in [1.29, 1.82) is 0 Å². The molecule has 0 aromatic heterocycles. The average molecular weight is 581 g/mol. The molecule has 13 nitrogen and oxygen atoms in total. The first-order valence-electron chi connectivity index (χ1n) is 12.8. The SMILES string of the molecule is COc1c(O)c(CN2CCN(S(=O)(=O)c3ccc(C)cc3)CC2)c2c(c1O)[C@@H]1O[C@H](CO)[C@@H](O)[C@H](O)[C@H]1OC2=O. The Morgan fingerprint density at radius 1 is 1.02 bits per heavy atom. The zero-order valence-corrected chi connectivity index (χ0v) is 22.7. The van der Waals surface area contributed by atoms with Crippen LogP contribution in [0.3, 0.4) is 0 Å². The van der Waals surface area contributed by atoms with Crippen LogP contribution in [-0.2, 0) is 26.0 Å². The normalized spacial score (nSPS) is 27.5. The van der Waals surface area contributed by atoms with E-state index in [1.807, 2.05) is 11.8 Å². The number of nitrogens with zero attached hydrogens (tertiary/aromatic N) is 2. The molecule has 2 aromatic carbocycles. The molecule has 0 spiro atoms. The van der Waals surface area contributed by atoms with Crippen LogP contribution in [0.1, 0.15) is 33.2 Å². The highest BCUT2D eigenvalue weighted by molar-refractivity contribution is 7.89. The van der Waals surface area contributed by atoms with Crippen molar-refractivity contribution in [2.45, 2.75) is 48.9 Å². The summed E-state index contributed by atoms with van der Waals surface area (Å²) in [5.74, 6) is -2.39. The molecule has 40 heavy (non-hydrogen) atoms. The molecular weight excluding hydrogens is 548 g/mol. The van der Waals surface area contributed by atoms with Gasteiger partial charge in [-0.25, -0.2) is 13.2 Å². The quantitative estimate of drug-likeness (QED) is 0.279. The predicted octanol–water partition coefficient (Wildman–Crippen LogP) is -0.386. The number of aryl methyl sites for hydroxylation is 1. The molecule has 0 bridgehead atoms. The van der Waals surface area contributed by atoms with Crippen molar-refractivity contribution in [2.24, 2.45) is 0 Å². The number of phenolic OH excluding ortho intramolecular Hbond substituents is 2. The number of hydrogen-bond donors (Lipinski definition) is 5. The van der Waals surface area contributed by atoms with E-state index in [0.29, 0.717) is 0 Å². The molecule has 218 valence electrons. The fourth-order valence-electron chi connectivity index (χ4n) is 5.48. The fourth-order valence-corrected chi connectivity index (χ4v) is 6.90. The fraction of sp³-hybridized carbons (Fsp3) is 0.500. The summed E-state index contributed by atoms with van der Waals surface area (Å²) in [6.07, 6.45) is -7.05. The third-order valence-electron chi connectivity index (χ3n) is 7.72. The summed E-state index contributed by atoms with van der Waals surface area (Å²) < 4.78 is 43.9. The molecule has 5 atom stereocenters. The third-order valence-corrected chi connectivity index (χ3v) is 9.63. The molecule has 0 radical (unpaired) electrons. The van der Waals surface area contributed by atoms with E-state index in [-0.39, 0.29) is 60.1 Å². The van der Waals surface area contributed by atoms with Gasteiger partial charge in [-0.3, -0.25) is 4.90 Å².